The maximum Gasteiger partial charge on any atom is 0.221 e. The van der Waals surface area contributed by atoms with Crippen molar-refractivity contribution in [3.05, 3.63) is 145 Å². The minimum absolute atomic E-state index is 0.0389. The number of imidazole rings is 1. The Morgan fingerprint density at radius 3 is 2.02 bits per heavy atom. The fraction of sp³-hybridized carbons (Fsp3) is 0.0732. The van der Waals surface area contributed by atoms with Crippen LogP contribution >= 0.6 is 0 Å². The van der Waals surface area contributed by atoms with E-state index >= 15 is 0 Å². The van der Waals surface area contributed by atoms with Gasteiger partial charge in [0.25, 0.3) is 0 Å². The normalized spacial score (nSPS) is 13.7. The first-order chi connectivity index (χ1) is 22.1. The summed E-state index contributed by atoms with van der Waals surface area (Å²) in [5.41, 5.74) is 14.0. The lowest BCUT2D eigenvalue weighted by Crippen LogP contribution is -2.14. The van der Waals surface area contributed by atoms with Gasteiger partial charge in [0.2, 0.25) is 5.95 Å². The lowest BCUT2D eigenvalue weighted by Gasteiger charge is -2.22. The zero-order valence-electron chi connectivity index (χ0n) is 25.0. The van der Waals surface area contributed by atoms with Gasteiger partial charge in [-0.05, 0) is 81.9 Å². The van der Waals surface area contributed by atoms with Gasteiger partial charge in [-0.1, -0.05) is 98.8 Å². The van der Waals surface area contributed by atoms with Crippen LogP contribution in [0.4, 0.5) is 0 Å². The Balaban J connectivity index is 1.24. The molecule has 1 aliphatic carbocycles. The van der Waals surface area contributed by atoms with E-state index in [2.05, 4.69) is 144 Å². The van der Waals surface area contributed by atoms with Crippen molar-refractivity contribution in [3.8, 4) is 28.2 Å². The summed E-state index contributed by atoms with van der Waals surface area (Å²) in [6, 6.07) is 48.0. The van der Waals surface area contributed by atoms with E-state index in [4.69, 9.17) is 9.97 Å². The maximum absolute atomic E-state index is 5.31. The van der Waals surface area contributed by atoms with Gasteiger partial charge >= 0.3 is 0 Å². The van der Waals surface area contributed by atoms with Crippen LogP contribution < -0.4 is 0 Å². The summed E-state index contributed by atoms with van der Waals surface area (Å²) in [4.78, 5) is 10.4. The van der Waals surface area contributed by atoms with Crippen LogP contribution in [0.25, 0.3) is 77.6 Å². The predicted molar refractivity (Wildman–Crippen MR) is 185 cm³/mol. The van der Waals surface area contributed by atoms with Crippen LogP contribution in [0.15, 0.2) is 133 Å². The van der Waals surface area contributed by atoms with Gasteiger partial charge in [-0.25, -0.2) is 9.97 Å². The molecule has 0 N–H and O–H groups in total. The molecule has 0 saturated heterocycles. The van der Waals surface area contributed by atoms with Crippen molar-refractivity contribution in [2.45, 2.75) is 19.3 Å². The van der Waals surface area contributed by atoms with Crippen LogP contribution in [0.2, 0.25) is 0 Å². The van der Waals surface area contributed by atoms with Crippen LogP contribution in [0.3, 0.4) is 0 Å². The number of hydrogen-bond acceptors (Lipinski definition) is 2. The first kappa shape index (κ1) is 24.7. The van der Waals surface area contributed by atoms with Crippen molar-refractivity contribution in [1.82, 2.24) is 18.9 Å². The number of hydrogen-bond donors (Lipinski definition) is 0. The number of para-hydroxylation sites is 4. The average molecular weight is 577 g/mol. The summed E-state index contributed by atoms with van der Waals surface area (Å²) in [5, 5.41) is 3.46. The second-order valence-corrected chi connectivity index (χ2v) is 12.7. The molecule has 0 aliphatic heterocycles. The molecule has 212 valence electrons. The fourth-order valence-electron chi connectivity index (χ4n) is 7.73. The minimum Gasteiger partial charge on any atom is -0.279 e. The van der Waals surface area contributed by atoms with Crippen molar-refractivity contribution in [1.29, 1.82) is 0 Å². The van der Waals surface area contributed by atoms with Crippen molar-refractivity contribution >= 4 is 49.4 Å². The number of rotatable bonds is 2. The van der Waals surface area contributed by atoms with Crippen molar-refractivity contribution in [2.75, 3.05) is 0 Å². The van der Waals surface area contributed by atoms with Crippen LogP contribution in [-0.2, 0) is 5.41 Å². The molecule has 4 heteroatoms. The van der Waals surface area contributed by atoms with E-state index < -0.39 is 0 Å². The summed E-state index contributed by atoms with van der Waals surface area (Å²) in [6.07, 6.45) is 0. The first-order valence-electron chi connectivity index (χ1n) is 15.5. The fourth-order valence-corrected chi connectivity index (χ4v) is 7.73. The Hall–Kier alpha value is -5.74. The van der Waals surface area contributed by atoms with Gasteiger partial charge in [-0.2, -0.15) is 0 Å². The van der Waals surface area contributed by atoms with Gasteiger partial charge in [0, 0.05) is 21.6 Å². The van der Waals surface area contributed by atoms with E-state index in [1.54, 1.807) is 0 Å². The summed E-state index contributed by atoms with van der Waals surface area (Å²) in [7, 11) is 0. The molecule has 0 radical (unpaired) electrons. The third-order valence-electron chi connectivity index (χ3n) is 9.92. The molecule has 6 aromatic carbocycles. The van der Waals surface area contributed by atoms with E-state index in [0.717, 1.165) is 44.6 Å². The topological polar surface area (TPSA) is 35.1 Å². The van der Waals surface area contributed by atoms with Crippen molar-refractivity contribution < 1.29 is 0 Å². The molecule has 0 bridgehead atoms. The Morgan fingerprint density at radius 1 is 0.489 bits per heavy atom. The highest BCUT2D eigenvalue weighted by Gasteiger charge is 2.35. The highest BCUT2D eigenvalue weighted by molar-refractivity contribution is 6.11. The summed E-state index contributed by atoms with van der Waals surface area (Å²) >= 11 is 0. The molecule has 3 aromatic heterocycles. The van der Waals surface area contributed by atoms with E-state index in [0.29, 0.717) is 0 Å². The van der Waals surface area contributed by atoms with Gasteiger partial charge in [0.1, 0.15) is 5.65 Å². The van der Waals surface area contributed by atoms with Gasteiger partial charge in [0.15, 0.2) is 0 Å². The molecule has 45 heavy (non-hydrogen) atoms. The summed E-state index contributed by atoms with van der Waals surface area (Å²) in [5.74, 6) is 0.841. The first-order valence-corrected chi connectivity index (χ1v) is 15.5. The molecule has 9 aromatic rings. The number of benzene rings is 6. The van der Waals surface area contributed by atoms with Crippen LogP contribution in [0.5, 0.6) is 0 Å². The molecule has 4 nitrogen and oxygen atoms in total. The molecule has 3 heterocycles. The summed E-state index contributed by atoms with van der Waals surface area (Å²) in [6.45, 7) is 4.69. The Morgan fingerprint density at radius 2 is 1.13 bits per heavy atom. The molecule has 0 atom stereocenters. The monoisotopic (exact) mass is 576 g/mol. The maximum atomic E-state index is 5.31. The third kappa shape index (κ3) is 3.26. The van der Waals surface area contributed by atoms with Gasteiger partial charge in [0.05, 0.1) is 27.6 Å². The molecular weight excluding hydrogens is 548 g/mol. The second kappa shape index (κ2) is 8.67. The third-order valence-corrected chi connectivity index (χ3v) is 9.92. The van der Waals surface area contributed by atoms with E-state index in [1.807, 2.05) is 12.1 Å². The predicted octanol–water partition coefficient (Wildman–Crippen LogP) is 10.1. The average Bonchev–Trinajstić information content (AvgIpc) is 3.71. The zero-order valence-corrected chi connectivity index (χ0v) is 25.0. The lowest BCUT2D eigenvalue weighted by atomic mass is 9.81. The molecule has 10 rings (SSSR count). The molecule has 1 aliphatic rings. The minimum atomic E-state index is -0.0389. The SMILES string of the molecule is CC1(C)c2ccccc2-c2ccc(-c3ccc4c(c3)c3ccccc3n4-c3nc4ccccc4c4nc5ccccc5n34)cc21. The zero-order chi connectivity index (χ0) is 29.9. The highest BCUT2D eigenvalue weighted by Crippen LogP contribution is 2.49. The van der Waals surface area contributed by atoms with Crippen LogP contribution in [-0.4, -0.2) is 18.9 Å². The largest absolute Gasteiger partial charge is 0.279 e. The highest BCUT2D eigenvalue weighted by atomic mass is 15.2. The molecule has 0 unspecified atom stereocenters. The molecule has 0 spiro atoms. The summed E-state index contributed by atoms with van der Waals surface area (Å²) < 4.78 is 4.53. The van der Waals surface area contributed by atoms with Gasteiger partial charge in [-0.3, -0.25) is 8.97 Å². The number of aromatic nitrogens is 4. The quantitative estimate of drug-likeness (QED) is 0.205. The van der Waals surface area contributed by atoms with Crippen molar-refractivity contribution in [3.63, 3.8) is 0 Å². The molecule has 0 amide bonds. The van der Waals surface area contributed by atoms with Crippen LogP contribution in [0.1, 0.15) is 25.0 Å². The van der Waals surface area contributed by atoms with E-state index in [9.17, 15) is 0 Å². The molecule has 0 fully saturated rings. The Bertz CT molecular complexity index is 2690. The van der Waals surface area contributed by atoms with Crippen LogP contribution in [0, 0.1) is 0 Å². The smallest absolute Gasteiger partial charge is 0.221 e. The second-order valence-electron chi connectivity index (χ2n) is 12.7. The van der Waals surface area contributed by atoms with E-state index in [1.165, 1.54) is 44.2 Å². The number of fused-ring (bicyclic) bond motifs is 11. The molecule has 0 saturated carbocycles. The van der Waals surface area contributed by atoms with Crippen molar-refractivity contribution in [2.24, 2.45) is 0 Å². The molecular formula is C41H28N4. The Kier molecular flexibility index (Phi) is 4.76. The standard InChI is InChI=1S/C41H28N4/c1-41(2)32-14-6-3-11-27(32)28-21-19-26(24-33(28)41)25-20-22-37-31(23-25)29-12-5-9-17-36(29)44(37)40-43-34-15-7-4-13-30(34)39-42-35-16-8-10-18-38(35)45(39)40/h3-24H,1-2H3. The lowest BCUT2D eigenvalue weighted by molar-refractivity contribution is 0.660. The van der Waals surface area contributed by atoms with Gasteiger partial charge in [-0.15, -0.1) is 0 Å². The Labute approximate surface area is 259 Å². The van der Waals surface area contributed by atoms with E-state index in [-0.39, 0.29) is 5.41 Å². The van der Waals surface area contributed by atoms with Gasteiger partial charge < -0.3 is 0 Å². The number of nitrogens with zero attached hydrogens (tertiary/aromatic N) is 4.